The van der Waals surface area contributed by atoms with Crippen LogP contribution in [0.4, 0.5) is 5.69 Å². The second kappa shape index (κ2) is 8.26. The third-order valence-corrected chi connectivity index (χ3v) is 5.13. The molecule has 150 valence electrons. The highest BCUT2D eigenvalue weighted by Crippen LogP contribution is 2.24. The average molecular weight is 392 g/mol. The molecule has 4 rings (SSSR count). The van der Waals surface area contributed by atoms with Gasteiger partial charge in [0.25, 0.3) is 5.91 Å². The Morgan fingerprint density at radius 2 is 1.55 bits per heavy atom. The van der Waals surface area contributed by atoms with Crippen LogP contribution in [0.25, 0.3) is 5.69 Å². The second-order valence-corrected chi connectivity index (χ2v) is 6.80. The number of methoxy groups -OCH3 is 2. The van der Waals surface area contributed by atoms with Gasteiger partial charge < -0.3 is 19.3 Å². The highest BCUT2D eigenvalue weighted by atomic mass is 16.5. The number of rotatable bonds is 5. The quantitative estimate of drug-likeness (QED) is 0.668. The zero-order chi connectivity index (χ0) is 20.2. The first-order valence-corrected chi connectivity index (χ1v) is 9.57. The van der Waals surface area contributed by atoms with E-state index in [1.807, 2.05) is 59.5 Å². The first-order chi connectivity index (χ1) is 14.2. The molecule has 1 fully saturated rings. The monoisotopic (exact) mass is 392 g/mol. The lowest BCUT2D eigenvalue weighted by Gasteiger charge is -2.35. The van der Waals surface area contributed by atoms with Crippen molar-refractivity contribution >= 4 is 11.6 Å². The summed E-state index contributed by atoms with van der Waals surface area (Å²) in [5.41, 5.74) is 2.35. The minimum absolute atomic E-state index is 0.106. The molecule has 0 bridgehead atoms. The lowest BCUT2D eigenvalue weighted by Crippen LogP contribution is -2.49. The molecule has 0 N–H and O–H groups in total. The van der Waals surface area contributed by atoms with E-state index in [0.29, 0.717) is 24.5 Å². The number of hydrogen-bond acceptors (Lipinski definition) is 5. The Labute approximate surface area is 170 Å². The van der Waals surface area contributed by atoms with Gasteiger partial charge >= 0.3 is 0 Å². The molecule has 0 unspecified atom stereocenters. The Morgan fingerprint density at radius 1 is 0.862 bits per heavy atom. The van der Waals surface area contributed by atoms with Crippen LogP contribution in [-0.4, -0.2) is 61.0 Å². The smallest absolute Gasteiger partial charge is 0.278 e. The van der Waals surface area contributed by atoms with Crippen LogP contribution in [0.5, 0.6) is 11.5 Å². The maximum Gasteiger partial charge on any atom is 0.278 e. The molecule has 1 aliphatic rings. The largest absolute Gasteiger partial charge is 0.497 e. The van der Waals surface area contributed by atoms with Crippen LogP contribution in [0.2, 0.25) is 0 Å². The molecule has 1 aliphatic heterocycles. The molecule has 7 heteroatoms. The number of nitrogens with zero attached hydrogens (tertiary/aromatic N) is 4. The number of anilines is 1. The van der Waals surface area contributed by atoms with Crippen molar-refractivity contribution in [2.45, 2.75) is 0 Å². The van der Waals surface area contributed by atoms with Gasteiger partial charge in [0.1, 0.15) is 5.75 Å². The number of ether oxygens (including phenoxy) is 2. The van der Waals surface area contributed by atoms with Crippen LogP contribution in [0, 0.1) is 0 Å². The molecule has 3 aromatic rings. The number of benzene rings is 2. The number of carbonyl (C=O) groups excluding carboxylic acids is 1. The number of hydrogen-bond donors (Lipinski definition) is 0. The third-order valence-electron chi connectivity index (χ3n) is 5.13. The fraction of sp³-hybridized carbons (Fsp3) is 0.273. The van der Waals surface area contributed by atoms with Crippen molar-refractivity contribution in [3.63, 3.8) is 0 Å². The minimum atomic E-state index is -0.106. The highest BCUT2D eigenvalue weighted by Gasteiger charge is 2.27. The van der Waals surface area contributed by atoms with Gasteiger partial charge in [-0.15, -0.1) is 0 Å². The number of para-hydroxylation sites is 1. The van der Waals surface area contributed by atoms with E-state index in [0.717, 1.165) is 30.2 Å². The summed E-state index contributed by atoms with van der Waals surface area (Å²) in [5, 5.41) is 4.50. The molecule has 0 atom stereocenters. The summed E-state index contributed by atoms with van der Waals surface area (Å²) in [6.07, 6.45) is 1.75. The van der Waals surface area contributed by atoms with Gasteiger partial charge in [0.2, 0.25) is 0 Å². The fourth-order valence-corrected chi connectivity index (χ4v) is 3.48. The zero-order valence-electron chi connectivity index (χ0n) is 16.6. The molecule has 0 radical (unpaired) electrons. The van der Waals surface area contributed by atoms with Gasteiger partial charge in [0.05, 0.1) is 26.1 Å². The molecule has 29 heavy (non-hydrogen) atoms. The summed E-state index contributed by atoms with van der Waals surface area (Å²) in [5.74, 6) is 1.21. The Bertz CT molecular complexity index is 961. The van der Waals surface area contributed by atoms with Gasteiger partial charge in [-0.2, -0.15) is 5.10 Å². The lowest BCUT2D eigenvalue weighted by atomic mass is 10.2. The molecule has 1 aromatic heterocycles. The summed E-state index contributed by atoms with van der Waals surface area (Å²) >= 11 is 0. The molecule has 1 amide bonds. The van der Waals surface area contributed by atoms with Crippen molar-refractivity contribution in [2.24, 2.45) is 0 Å². The molecule has 1 saturated heterocycles. The molecule has 2 aromatic carbocycles. The number of amides is 1. The van der Waals surface area contributed by atoms with Crippen molar-refractivity contribution in [1.29, 1.82) is 0 Å². The molecule has 0 aliphatic carbocycles. The summed E-state index contributed by atoms with van der Waals surface area (Å²) in [6, 6.07) is 17.7. The van der Waals surface area contributed by atoms with Gasteiger partial charge in [-0.05, 0) is 36.4 Å². The van der Waals surface area contributed by atoms with E-state index in [2.05, 4.69) is 10.00 Å². The molecule has 0 spiro atoms. The van der Waals surface area contributed by atoms with Crippen LogP contribution in [-0.2, 0) is 0 Å². The standard InChI is InChI=1S/C22H24N4O3/c1-28-19-10-8-17(9-11-19)24-12-14-25(15-13-24)22(27)21-20(29-2)16-26(23-21)18-6-4-3-5-7-18/h3-11,16H,12-15H2,1-2H3. The van der Waals surface area contributed by atoms with Crippen LogP contribution in [0.1, 0.15) is 10.5 Å². The average Bonchev–Trinajstić information content (AvgIpc) is 3.24. The van der Waals surface area contributed by atoms with Crippen molar-refractivity contribution in [3.05, 3.63) is 66.5 Å². The van der Waals surface area contributed by atoms with Crippen LogP contribution in [0.3, 0.4) is 0 Å². The van der Waals surface area contributed by atoms with Crippen LogP contribution < -0.4 is 14.4 Å². The van der Waals surface area contributed by atoms with E-state index in [1.165, 1.54) is 0 Å². The van der Waals surface area contributed by atoms with Crippen molar-refractivity contribution in [1.82, 2.24) is 14.7 Å². The van der Waals surface area contributed by atoms with E-state index in [9.17, 15) is 4.79 Å². The molecule has 0 saturated carbocycles. The minimum Gasteiger partial charge on any atom is -0.497 e. The molecular formula is C22H24N4O3. The van der Waals surface area contributed by atoms with Crippen molar-refractivity contribution < 1.29 is 14.3 Å². The summed E-state index contributed by atoms with van der Waals surface area (Å²) in [7, 11) is 3.22. The van der Waals surface area contributed by atoms with Gasteiger partial charge in [-0.1, -0.05) is 18.2 Å². The number of piperazine rings is 1. The van der Waals surface area contributed by atoms with Crippen LogP contribution >= 0.6 is 0 Å². The highest BCUT2D eigenvalue weighted by molar-refractivity contribution is 5.95. The van der Waals surface area contributed by atoms with Gasteiger partial charge in [0.15, 0.2) is 11.4 Å². The normalized spacial score (nSPS) is 14.0. The topological polar surface area (TPSA) is 59.8 Å². The predicted molar refractivity (Wildman–Crippen MR) is 111 cm³/mol. The maximum absolute atomic E-state index is 13.1. The Hall–Kier alpha value is -3.48. The Kier molecular flexibility index (Phi) is 5.37. The second-order valence-electron chi connectivity index (χ2n) is 6.80. The van der Waals surface area contributed by atoms with Crippen LogP contribution in [0.15, 0.2) is 60.8 Å². The van der Waals surface area contributed by atoms with E-state index in [1.54, 1.807) is 25.1 Å². The van der Waals surface area contributed by atoms with Gasteiger partial charge in [-0.25, -0.2) is 4.68 Å². The van der Waals surface area contributed by atoms with Gasteiger partial charge in [-0.3, -0.25) is 4.79 Å². The predicted octanol–water partition coefficient (Wildman–Crippen LogP) is 2.85. The molecule has 2 heterocycles. The number of aromatic nitrogens is 2. The van der Waals surface area contributed by atoms with Crippen molar-refractivity contribution in [3.8, 4) is 17.2 Å². The molecular weight excluding hydrogens is 368 g/mol. The fourth-order valence-electron chi connectivity index (χ4n) is 3.48. The van der Waals surface area contributed by atoms with E-state index >= 15 is 0 Å². The van der Waals surface area contributed by atoms with E-state index < -0.39 is 0 Å². The first-order valence-electron chi connectivity index (χ1n) is 9.57. The summed E-state index contributed by atoms with van der Waals surface area (Å²) in [6.45, 7) is 2.79. The summed E-state index contributed by atoms with van der Waals surface area (Å²) in [4.78, 5) is 17.2. The van der Waals surface area contributed by atoms with E-state index in [4.69, 9.17) is 9.47 Å². The zero-order valence-corrected chi connectivity index (χ0v) is 16.6. The summed E-state index contributed by atoms with van der Waals surface area (Å²) < 4.78 is 12.3. The Balaban J connectivity index is 1.46. The maximum atomic E-state index is 13.1. The molecule has 7 nitrogen and oxygen atoms in total. The number of carbonyl (C=O) groups is 1. The van der Waals surface area contributed by atoms with Gasteiger partial charge in [0, 0.05) is 31.9 Å². The van der Waals surface area contributed by atoms with E-state index in [-0.39, 0.29) is 5.91 Å². The lowest BCUT2D eigenvalue weighted by molar-refractivity contribution is 0.0737. The SMILES string of the molecule is COc1ccc(N2CCN(C(=O)c3nn(-c4ccccc4)cc3OC)CC2)cc1. The van der Waals surface area contributed by atoms with Crippen molar-refractivity contribution in [2.75, 3.05) is 45.3 Å². The first kappa shape index (κ1) is 18.9. The third kappa shape index (κ3) is 3.89. The Morgan fingerprint density at radius 3 is 2.17 bits per heavy atom.